The van der Waals surface area contributed by atoms with E-state index >= 15 is 0 Å². The van der Waals surface area contributed by atoms with Gasteiger partial charge in [0.15, 0.2) is 4.90 Å². The van der Waals surface area contributed by atoms with Crippen molar-refractivity contribution in [2.24, 2.45) is 0 Å². The topological polar surface area (TPSA) is 136 Å². The summed E-state index contributed by atoms with van der Waals surface area (Å²) in [4.78, 5) is 19.1. The Balaban J connectivity index is 3.62. The Morgan fingerprint density at radius 1 is 1.50 bits per heavy atom. The molecule has 2 N–H and O–H groups in total. The van der Waals surface area contributed by atoms with Crippen LogP contribution in [0.2, 0.25) is 0 Å². The summed E-state index contributed by atoms with van der Waals surface area (Å²) in [6.07, 6.45) is 0.234. The molecule has 0 saturated carbocycles. The molecule has 0 aliphatic carbocycles. The summed E-state index contributed by atoms with van der Waals surface area (Å²) >= 11 is 0. The average molecular weight is 276 g/mol. The summed E-state index contributed by atoms with van der Waals surface area (Å²) < 4.78 is 35.7. The van der Waals surface area contributed by atoms with Gasteiger partial charge in [0.1, 0.15) is 5.75 Å². The largest absolute Gasteiger partial charge is 0.494 e. The minimum atomic E-state index is -4.80. The summed E-state index contributed by atoms with van der Waals surface area (Å²) in [7, 11) is -3.61. The van der Waals surface area contributed by atoms with Gasteiger partial charge in [-0.2, -0.15) is 8.42 Å². The molecule has 0 bridgehead atoms. The van der Waals surface area contributed by atoms with E-state index in [1.54, 1.807) is 0 Å². The number of nitro benzene ring substituents is 1. The number of hydrogen-bond acceptors (Lipinski definition) is 6. The number of nitrogens with one attached hydrogen (secondary N) is 1. The third-order valence-corrected chi connectivity index (χ3v) is 2.85. The van der Waals surface area contributed by atoms with Gasteiger partial charge in [-0.05, 0) is 6.07 Å². The van der Waals surface area contributed by atoms with Crippen LogP contribution in [0.15, 0.2) is 17.0 Å². The Morgan fingerprint density at radius 3 is 2.50 bits per heavy atom. The Labute approximate surface area is 101 Å². The summed E-state index contributed by atoms with van der Waals surface area (Å²) in [5.41, 5.74) is -0.975. The molecule has 1 rings (SSSR count). The van der Waals surface area contributed by atoms with Gasteiger partial charge in [0.2, 0.25) is 6.41 Å². The lowest BCUT2D eigenvalue weighted by atomic mass is 10.2. The maximum Gasteiger partial charge on any atom is 0.301 e. The standard InChI is InChI=1S/C8H8N2O7S/c1-17-7-3-6(10(12)13)8(18(14,15)16)2-5(7)9-4-11/h2-4H,1H3,(H,9,11)(H,14,15,16). The van der Waals surface area contributed by atoms with Gasteiger partial charge in [0.25, 0.3) is 5.69 Å². The molecule has 9 nitrogen and oxygen atoms in total. The zero-order chi connectivity index (χ0) is 13.9. The number of carbonyl (C=O) groups excluding carboxylic acids is 1. The molecule has 0 aliphatic rings. The molecule has 18 heavy (non-hydrogen) atoms. The summed E-state index contributed by atoms with van der Waals surface area (Å²) in [5, 5.41) is 12.8. The lowest BCUT2D eigenvalue weighted by Crippen LogP contribution is -2.06. The van der Waals surface area contributed by atoms with Crippen LogP contribution in [0.4, 0.5) is 11.4 Å². The summed E-state index contributed by atoms with van der Waals surface area (Å²) in [5.74, 6) is -0.110. The van der Waals surface area contributed by atoms with Gasteiger partial charge in [-0.1, -0.05) is 0 Å². The molecule has 1 amide bonds. The lowest BCUT2D eigenvalue weighted by Gasteiger charge is -2.08. The smallest absolute Gasteiger partial charge is 0.301 e. The molecular formula is C8H8N2O7S. The van der Waals surface area contributed by atoms with Crippen molar-refractivity contribution >= 4 is 27.9 Å². The van der Waals surface area contributed by atoms with Crippen molar-refractivity contribution in [3.8, 4) is 5.75 Å². The van der Waals surface area contributed by atoms with Gasteiger partial charge < -0.3 is 10.1 Å². The average Bonchev–Trinajstić information content (AvgIpc) is 2.27. The van der Waals surface area contributed by atoms with E-state index in [1.165, 1.54) is 7.11 Å². The van der Waals surface area contributed by atoms with Gasteiger partial charge in [-0.15, -0.1) is 0 Å². The molecule has 10 heteroatoms. The highest BCUT2D eigenvalue weighted by Gasteiger charge is 2.27. The van der Waals surface area contributed by atoms with Gasteiger partial charge in [0.05, 0.1) is 23.8 Å². The number of anilines is 1. The number of rotatable bonds is 5. The predicted molar refractivity (Wildman–Crippen MR) is 59.1 cm³/mol. The second kappa shape index (κ2) is 4.98. The number of amides is 1. The molecule has 1 aromatic rings. The highest BCUT2D eigenvalue weighted by Crippen LogP contribution is 2.34. The molecule has 0 fully saturated rings. The maximum absolute atomic E-state index is 11.0. The van der Waals surface area contributed by atoms with Crippen LogP contribution in [0.5, 0.6) is 5.75 Å². The zero-order valence-corrected chi connectivity index (χ0v) is 9.80. The number of methoxy groups -OCH3 is 1. The molecular weight excluding hydrogens is 268 g/mol. The molecule has 0 atom stereocenters. The predicted octanol–water partition coefficient (Wildman–Crippen LogP) is 0.418. The Morgan fingerprint density at radius 2 is 2.11 bits per heavy atom. The minimum Gasteiger partial charge on any atom is -0.494 e. The molecule has 0 radical (unpaired) electrons. The fourth-order valence-electron chi connectivity index (χ4n) is 1.24. The number of hydrogen-bond donors (Lipinski definition) is 2. The quantitative estimate of drug-likeness (QED) is 0.344. The molecule has 0 heterocycles. The normalized spacial score (nSPS) is 10.8. The Bertz CT molecular complexity index is 596. The van der Waals surface area contributed by atoms with Gasteiger partial charge in [-0.25, -0.2) is 0 Å². The first-order valence-corrected chi connectivity index (χ1v) is 5.79. The molecule has 98 valence electrons. The molecule has 0 aromatic heterocycles. The number of nitro groups is 1. The fraction of sp³-hybridized carbons (Fsp3) is 0.125. The first kappa shape index (κ1) is 13.9. The van der Waals surface area contributed by atoms with Crippen LogP contribution < -0.4 is 10.1 Å². The molecule has 0 aliphatic heterocycles. The van der Waals surface area contributed by atoms with Crippen molar-refractivity contribution in [3.63, 3.8) is 0 Å². The van der Waals surface area contributed by atoms with E-state index in [9.17, 15) is 23.3 Å². The van der Waals surface area contributed by atoms with Crippen LogP contribution in [-0.4, -0.2) is 31.4 Å². The van der Waals surface area contributed by atoms with E-state index < -0.39 is 25.6 Å². The van der Waals surface area contributed by atoms with E-state index in [1.807, 2.05) is 0 Å². The second-order valence-electron chi connectivity index (χ2n) is 3.01. The van der Waals surface area contributed by atoms with Crippen LogP contribution in [0.1, 0.15) is 0 Å². The van der Waals surface area contributed by atoms with Crippen LogP contribution in [0.25, 0.3) is 0 Å². The van der Waals surface area contributed by atoms with Gasteiger partial charge in [0, 0.05) is 0 Å². The van der Waals surface area contributed by atoms with Crippen LogP contribution in [0.3, 0.4) is 0 Å². The first-order valence-electron chi connectivity index (χ1n) is 4.35. The zero-order valence-electron chi connectivity index (χ0n) is 8.98. The van der Waals surface area contributed by atoms with Crippen LogP contribution >= 0.6 is 0 Å². The summed E-state index contributed by atoms with van der Waals surface area (Å²) in [6.45, 7) is 0. The number of nitrogens with zero attached hydrogens (tertiary/aromatic N) is 1. The van der Waals surface area contributed by atoms with Crippen molar-refractivity contribution in [3.05, 3.63) is 22.2 Å². The summed E-state index contributed by atoms with van der Waals surface area (Å²) in [6, 6.07) is 1.52. The highest BCUT2D eigenvalue weighted by molar-refractivity contribution is 7.86. The molecule has 0 spiro atoms. The van der Waals surface area contributed by atoms with E-state index in [0.29, 0.717) is 0 Å². The highest BCUT2D eigenvalue weighted by atomic mass is 32.2. The molecule has 0 saturated heterocycles. The van der Waals surface area contributed by atoms with E-state index in [2.05, 4.69) is 5.32 Å². The van der Waals surface area contributed by atoms with E-state index in [0.717, 1.165) is 12.1 Å². The van der Waals surface area contributed by atoms with E-state index in [-0.39, 0.29) is 17.8 Å². The third-order valence-electron chi connectivity index (χ3n) is 1.97. The SMILES string of the molecule is COc1cc([N+](=O)[O-])c(S(=O)(=O)O)cc1NC=O. The van der Waals surface area contributed by atoms with Gasteiger partial charge >= 0.3 is 10.1 Å². The minimum absolute atomic E-state index is 0.110. The van der Waals surface area contributed by atoms with Crippen LogP contribution in [-0.2, 0) is 14.9 Å². The van der Waals surface area contributed by atoms with Crippen molar-refractivity contribution in [2.45, 2.75) is 4.90 Å². The number of benzene rings is 1. The van der Waals surface area contributed by atoms with Crippen molar-refractivity contribution < 1.29 is 27.4 Å². The first-order chi connectivity index (χ1) is 8.31. The Hall–Kier alpha value is -2.20. The monoisotopic (exact) mass is 276 g/mol. The van der Waals surface area contributed by atoms with Gasteiger partial charge in [-0.3, -0.25) is 19.5 Å². The van der Waals surface area contributed by atoms with E-state index in [4.69, 9.17) is 9.29 Å². The fourth-order valence-corrected chi connectivity index (χ4v) is 1.91. The maximum atomic E-state index is 11.0. The van der Waals surface area contributed by atoms with Crippen molar-refractivity contribution in [1.82, 2.24) is 0 Å². The number of ether oxygens (including phenoxy) is 1. The molecule has 0 unspecified atom stereocenters. The molecule has 1 aromatic carbocycles. The Kier molecular flexibility index (Phi) is 3.83. The number of carbonyl (C=O) groups is 1. The van der Waals surface area contributed by atoms with Crippen molar-refractivity contribution in [2.75, 3.05) is 12.4 Å². The lowest BCUT2D eigenvalue weighted by molar-refractivity contribution is -0.387. The van der Waals surface area contributed by atoms with Crippen LogP contribution in [0, 0.1) is 10.1 Å². The van der Waals surface area contributed by atoms with Crippen molar-refractivity contribution in [1.29, 1.82) is 0 Å². The second-order valence-corrected chi connectivity index (χ2v) is 4.40. The third kappa shape index (κ3) is 2.73.